The van der Waals surface area contributed by atoms with Gasteiger partial charge in [0.05, 0.1) is 14.2 Å². The number of aryl methyl sites for hydroxylation is 2. The number of benzene rings is 2. The molecule has 1 amide bonds. The number of methoxy groups -OCH3 is 2. The maximum atomic E-state index is 12.3. The molecule has 0 aliphatic carbocycles. The van der Waals surface area contributed by atoms with Crippen LogP contribution in [0.25, 0.3) is 0 Å². The van der Waals surface area contributed by atoms with Gasteiger partial charge in [0, 0.05) is 23.6 Å². The summed E-state index contributed by atoms with van der Waals surface area (Å²) in [5.74, 6) is 0.524. The van der Waals surface area contributed by atoms with Gasteiger partial charge in [0.1, 0.15) is 11.6 Å². The van der Waals surface area contributed by atoms with E-state index in [9.17, 15) is 10.1 Å². The van der Waals surface area contributed by atoms with Crippen LogP contribution >= 0.6 is 0 Å². The van der Waals surface area contributed by atoms with E-state index < -0.39 is 5.91 Å². The second-order valence-corrected chi connectivity index (χ2v) is 5.66. The molecule has 0 unspecified atom stereocenters. The van der Waals surface area contributed by atoms with Crippen LogP contribution < -0.4 is 20.1 Å². The largest absolute Gasteiger partial charge is 0.493 e. The Morgan fingerprint density at radius 2 is 1.81 bits per heavy atom. The minimum atomic E-state index is -0.517. The molecular formula is C20H21N3O3. The van der Waals surface area contributed by atoms with E-state index in [-0.39, 0.29) is 5.57 Å². The summed E-state index contributed by atoms with van der Waals surface area (Å²) in [6.45, 7) is 3.96. The number of carbonyl (C=O) groups excluding carboxylic acids is 1. The number of amides is 1. The van der Waals surface area contributed by atoms with E-state index in [2.05, 4.69) is 10.6 Å². The van der Waals surface area contributed by atoms with E-state index >= 15 is 0 Å². The Morgan fingerprint density at radius 1 is 1.08 bits per heavy atom. The topological polar surface area (TPSA) is 83.4 Å². The number of anilines is 2. The highest BCUT2D eigenvalue weighted by Crippen LogP contribution is 2.29. The lowest BCUT2D eigenvalue weighted by Crippen LogP contribution is -2.14. The third-order valence-electron chi connectivity index (χ3n) is 3.76. The zero-order valence-corrected chi connectivity index (χ0v) is 15.2. The van der Waals surface area contributed by atoms with Gasteiger partial charge < -0.3 is 20.1 Å². The lowest BCUT2D eigenvalue weighted by molar-refractivity contribution is -0.112. The third kappa shape index (κ3) is 4.54. The van der Waals surface area contributed by atoms with E-state index in [1.54, 1.807) is 18.2 Å². The first-order valence-corrected chi connectivity index (χ1v) is 7.96. The Morgan fingerprint density at radius 3 is 2.42 bits per heavy atom. The number of ether oxygens (including phenoxy) is 2. The fourth-order valence-corrected chi connectivity index (χ4v) is 2.39. The van der Waals surface area contributed by atoms with E-state index in [4.69, 9.17) is 9.47 Å². The molecule has 0 saturated heterocycles. The normalized spacial score (nSPS) is 10.7. The second-order valence-electron chi connectivity index (χ2n) is 5.66. The summed E-state index contributed by atoms with van der Waals surface area (Å²) in [5.41, 5.74) is 3.46. The van der Waals surface area contributed by atoms with Crippen LogP contribution in [0.1, 0.15) is 11.1 Å². The zero-order chi connectivity index (χ0) is 19.1. The van der Waals surface area contributed by atoms with Crippen molar-refractivity contribution in [2.75, 3.05) is 24.9 Å². The number of nitrogens with zero attached hydrogens (tertiary/aromatic N) is 1. The molecule has 0 aliphatic rings. The molecule has 0 atom stereocenters. The van der Waals surface area contributed by atoms with Crippen molar-refractivity contribution in [1.29, 1.82) is 5.26 Å². The number of nitrogens with one attached hydrogen (secondary N) is 2. The molecule has 0 fully saturated rings. The summed E-state index contributed by atoms with van der Waals surface area (Å²) in [5, 5.41) is 15.0. The summed E-state index contributed by atoms with van der Waals surface area (Å²) in [6.07, 6.45) is 1.40. The van der Waals surface area contributed by atoms with Crippen LogP contribution in [0.3, 0.4) is 0 Å². The Hall–Kier alpha value is -3.46. The molecule has 0 aliphatic heterocycles. The van der Waals surface area contributed by atoms with Crippen molar-refractivity contribution in [2.45, 2.75) is 13.8 Å². The highest BCUT2D eigenvalue weighted by atomic mass is 16.5. The molecular weight excluding hydrogens is 330 g/mol. The molecule has 0 bridgehead atoms. The Kier molecular flexibility index (Phi) is 6.23. The van der Waals surface area contributed by atoms with E-state index in [0.717, 1.165) is 16.8 Å². The summed E-state index contributed by atoms with van der Waals surface area (Å²) in [7, 11) is 3.04. The van der Waals surface area contributed by atoms with Gasteiger partial charge in [-0.25, -0.2) is 0 Å². The van der Waals surface area contributed by atoms with Gasteiger partial charge in [-0.2, -0.15) is 5.26 Å². The molecule has 6 nitrogen and oxygen atoms in total. The quantitative estimate of drug-likeness (QED) is 0.611. The molecule has 0 heterocycles. The van der Waals surface area contributed by atoms with E-state index in [1.165, 1.54) is 20.4 Å². The van der Waals surface area contributed by atoms with Gasteiger partial charge in [0.2, 0.25) is 0 Å². The predicted octanol–water partition coefficient (Wildman–Crippen LogP) is 3.78. The third-order valence-corrected chi connectivity index (χ3v) is 3.76. The first kappa shape index (κ1) is 18.9. The molecule has 2 rings (SSSR count). The van der Waals surface area contributed by atoms with Crippen molar-refractivity contribution in [3.05, 3.63) is 59.3 Å². The fourth-order valence-electron chi connectivity index (χ4n) is 2.39. The van der Waals surface area contributed by atoms with Crippen LogP contribution in [-0.4, -0.2) is 20.1 Å². The highest BCUT2D eigenvalue weighted by Gasteiger charge is 2.12. The van der Waals surface area contributed by atoms with Crippen LogP contribution in [0.15, 0.2) is 48.2 Å². The Balaban J connectivity index is 2.14. The van der Waals surface area contributed by atoms with Crippen molar-refractivity contribution in [3.8, 4) is 17.6 Å². The number of hydrogen-bond acceptors (Lipinski definition) is 5. The average Bonchev–Trinajstić information content (AvgIpc) is 2.63. The maximum absolute atomic E-state index is 12.3. The summed E-state index contributed by atoms with van der Waals surface area (Å²) in [4.78, 5) is 12.3. The molecule has 26 heavy (non-hydrogen) atoms. The molecule has 6 heteroatoms. The molecule has 2 N–H and O–H groups in total. The van der Waals surface area contributed by atoms with Gasteiger partial charge in [-0.1, -0.05) is 17.7 Å². The van der Waals surface area contributed by atoms with Gasteiger partial charge in [-0.3, -0.25) is 4.79 Å². The van der Waals surface area contributed by atoms with Crippen molar-refractivity contribution >= 4 is 17.3 Å². The maximum Gasteiger partial charge on any atom is 0.267 e. The lowest BCUT2D eigenvalue weighted by atomic mass is 10.1. The molecule has 0 spiro atoms. The van der Waals surface area contributed by atoms with Gasteiger partial charge >= 0.3 is 0 Å². The van der Waals surface area contributed by atoms with Gasteiger partial charge in [-0.05, 0) is 37.6 Å². The summed E-state index contributed by atoms with van der Waals surface area (Å²) < 4.78 is 10.4. The zero-order valence-electron chi connectivity index (χ0n) is 15.2. The van der Waals surface area contributed by atoms with Gasteiger partial charge in [-0.15, -0.1) is 0 Å². The number of rotatable bonds is 6. The molecule has 2 aromatic carbocycles. The van der Waals surface area contributed by atoms with E-state index in [1.807, 2.05) is 38.1 Å². The monoisotopic (exact) mass is 351 g/mol. The molecule has 2 aromatic rings. The molecule has 134 valence electrons. The van der Waals surface area contributed by atoms with Crippen LogP contribution in [0.2, 0.25) is 0 Å². The van der Waals surface area contributed by atoms with Crippen molar-refractivity contribution in [1.82, 2.24) is 0 Å². The Bertz CT molecular complexity index is 882. The SMILES string of the molecule is COc1ccc(NC(=O)/C(C#N)=C\Nc2ccc(C)cc2C)cc1OC. The lowest BCUT2D eigenvalue weighted by Gasteiger charge is -2.11. The summed E-state index contributed by atoms with van der Waals surface area (Å²) >= 11 is 0. The minimum Gasteiger partial charge on any atom is -0.493 e. The van der Waals surface area contributed by atoms with Crippen LogP contribution in [-0.2, 0) is 4.79 Å². The number of nitriles is 1. The number of carbonyl (C=O) groups is 1. The Labute approximate surface area is 153 Å². The van der Waals surface area contributed by atoms with Crippen LogP contribution in [0.5, 0.6) is 11.5 Å². The van der Waals surface area contributed by atoms with Crippen molar-refractivity contribution < 1.29 is 14.3 Å². The van der Waals surface area contributed by atoms with Crippen LogP contribution in [0.4, 0.5) is 11.4 Å². The first-order chi connectivity index (χ1) is 12.5. The standard InChI is InChI=1S/C20H21N3O3/c1-13-5-7-17(14(2)9-13)22-12-15(11-21)20(24)23-16-6-8-18(25-3)19(10-16)26-4/h5-10,12,22H,1-4H3,(H,23,24)/b15-12-. The minimum absolute atomic E-state index is 0.0419. The molecule has 0 aromatic heterocycles. The molecule has 0 radical (unpaired) electrons. The smallest absolute Gasteiger partial charge is 0.267 e. The van der Waals surface area contributed by atoms with Gasteiger partial charge in [0.15, 0.2) is 11.5 Å². The first-order valence-electron chi connectivity index (χ1n) is 7.96. The van der Waals surface area contributed by atoms with Crippen molar-refractivity contribution in [3.63, 3.8) is 0 Å². The fraction of sp³-hybridized carbons (Fsp3) is 0.200. The van der Waals surface area contributed by atoms with Gasteiger partial charge in [0.25, 0.3) is 5.91 Å². The van der Waals surface area contributed by atoms with Crippen molar-refractivity contribution in [2.24, 2.45) is 0 Å². The average molecular weight is 351 g/mol. The van der Waals surface area contributed by atoms with Crippen LogP contribution in [0, 0.1) is 25.2 Å². The summed E-state index contributed by atoms with van der Waals surface area (Å²) in [6, 6.07) is 12.8. The second kappa shape index (κ2) is 8.58. The number of hydrogen-bond donors (Lipinski definition) is 2. The highest BCUT2D eigenvalue weighted by molar-refractivity contribution is 6.06. The predicted molar refractivity (Wildman–Crippen MR) is 101 cm³/mol. The molecule has 0 saturated carbocycles. The van der Waals surface area contributed by atoms with E-state index in [0.29, 0.717) is 17.2 Å².